The second kappa shape index (κ2) is 9.07. The number of anilines is 1. The minimum atomic E-state index is -0.217. The average molecular weight is 372 g/mol. The second-order valence-corrected chi connectivity index (χ2v) is 6.80. The molecule has 1 heterocycles. The van der Waals surface area contributed by atoms with E-state index in [1.54, 1.807) is 13.2 Å². The van der Waals surface area contributed by atoms with Crippen molar-refractivity contribution >= 4 is 46.0 Å². The molecule has 1 N–H and O–H groups in total. The van der Waals surface area contributed by atoms with Crippen LogP contribution in [0.4, 0.5) is 5.69 Å². The Labute approximate surface area is 156 Å². The van der Waals surface area contributed by atoms with Gasteiger partial charge < -0.3 is 15.0 Å². The van der Waals surface area contributed by atoms with Crippen LogP contribution in [0.3, 0.4) is 0 Å². The number of carbonyl (C=O) groups excluding carboxylic acids is 1. The third kappa shape index (κ3) is 4.96. The number of nitriles is 2. The molecule has 1 aliphatic rings. The van der Waals surface area contributed by atoms with E-state index in [2.05, 4.69) is 17.5 Å². The first-order chi connectivity index (χ1) is 12.1. The summed E-state index contributed by atoms with van der Waals surface area (Å²) in [6, 6.07) is 9.82. The molecule has 0 atom stereocenters. The van der Waals surface area contributed by atoms with E-state index in [0.29, 0.717) is 40.9 Å². The number of thiocarbonyl (C=S) groups is 1. The van der Waals surface area contributed by atoms with Gasteiger partial charge in [0.05, 0.1) is 37.0 Å². The van der Waals surface area contributed by atoms with Crippen LogP contribution in [0.15, 0.2) is 23.1 Å². The summed E-state index contributed by atoms with van der Waals surface area (Å²) in [5.41, 5.74) is 1.62. The van der Waals surface area contributed by atoms with Crippen molar-refractivity contribution in [2.24, 2.45) is 0 Å². The number of amides is 1. The normalized spacial score (nSPS) is 14.8. The van der Waals surface area contributed by atoms with Gasteiger partial charge in [-0.1, -0.05) is 24.0 Å². The van der Waals surface area contributed by atoms with E-state index in [-0.39, 0.29) is 5.91 Å². The number of carbonyl (C=O) groups is 1. The zero-order chi connectivity index (χ0) is 18.2. The number of nitrogens with one attached hydrogen (secondary N) is 1. The lowest BCUT2D eigenvalue weighted by Crippen LogP contribution is -2.25. The third-order valence-electron chi connectivity index (χ3n) is 3.50. The maximum Gasteiger partial charge on any atom is 0.263 e. The SMILES string of the molecule is COc1cc(N(CCC#N)CCC#N)ccc1C=C1SC(=S)NC1=O. The molecule has 0 bridgehead atoms. The predicted molar refractivity (Wildman–Crippen MR) is 102 cm³/mol. The van der Waals surface area contributed by atoms with Gasteiger partial charge in [-0.25, -0.2) is 0 Å². The maximum atomic E-state index is 11.8. The van der Waals surface area contributed by atoms with Gasteiger partial charge in [0.15, 0.2) is 0 Å². The van der Waals surface area contributed by atoms with E-state index >= 15 is 0 Å². The van der Waals surface area contributed by atoms with E-state index < -0.39 is 0 Å². The third-order valence-corrected chi connectivity index (χ3v) is 4.66. The summed E-state index contributed by atoms with van der Waals surface area (Å²) in [5.74, 6) is 0.390. The molecule has 1 amide bonds. The van der Waals surface area contributed by atoms with Crippen LogP contribution in [-0.4, -0.2) is 30.4 Å². The highest BCUT2D eigenvalue weighted by atomic mass is 32.2. The number of thioether (sulfide) groups is 1. The lowest BCUT2D eigenvalue weighted by molar-refractivity contribution is -0.115. The van der Waals surface area contributed by atoms with Gasteiger partial charge in [-0.2, -0.15) is 10.5 Å². The Morgan fingerprint density at radius 3 is 2.52 bits per heavy atom. The number of ether oxygens (including phenoxy) is 1. The van der Waals surface area contributed by atoms with Gasteiger partial charge in [0, 0.05) is 30.4 Å². The molecular formula is C17H16N4O2S2. The predicted octanol–water partition coefficient (Wildman–Crippen LogP) is 2.82. The van der Waals surface area contributed by atoms with Crippen molar-refractivity contribution < 1.29 is 9.53 Å². The number of nitrogens with zero attached hydrogens (tertiary/aromatic N) is 3. The molecule has 128 valence electrons. The van der Waals surface area contributed by atoms with Gasteiger partial charge in [0.1, 0.15) is 10.1 Å². The number of hydrogen-bond acceptors (Lipinski definition) is 7. The molecule has 1 saturated heterocycles. The number of benzene rings is 1. The molecule has 1 fully saturated rings. The van der Waals surface area contributed by atoms with E-state index in [1.165, 1.54) is 11.8 Å². The van der Waals surface area contributed by atoms with Crippen molar-refractivity contribution in [2.75, 3.05) is 25.1 Å². The maximum absolute atomic E-state index is 11.8. The number of methoxy groups -OCH3 is 1. The Morgan fingerprint density at radius 2 is 2.00 bits per heavy atom. The molecule has 8 heteroatoms. The first kappa shape index (κ1) is 18.8. The monoisotopic (exact) mass is 372 g/mol. The van der Waals surface area contributed by atoms with Gasteiger partial charge in [-0.3, -0.25) is 4.79 Å². The summed E-state index contributed by atoms with van der Waals surface area (Å²) in [7, 11) is 1.56. The minimum Gasteiger partial charge on any atom is -0.496 e. The van der Waals surface area contributed by atoms with Crippen LogP contribution in [0.5, 0.6) is 5.75 Å². The van der Waals surface area contributed by atoms with Gasteiger partial charge in [-0.15, -0.1) is 0 Å². The molecule has 0 aromatic heterocycles. The van der Waals surface area contributed by atoms with Crippen LogP contribution in [0.2, 0.25) is 0 Å². The Hall–Kier alpha value is -2.55. The van der Waals surface area contributed by atoms with Crippen molar-refractivity contribution in [2.45, 2.75) is 12.8 Å². The van der Waals surface area contributed by atoms with Crippen LogP contribution in [0.1, 0.15) is 18.4 Å². The number of rotatable bonds is 7. The van der Waals surface area contributed by atoms with Crippen molar-refractivity contribution in [3.8, 4) is 17.9 Å². The summed E-state index contributed by atoms with van der Waals surface area (Å²) in [4.78, 5) is 14.3. The lowest BCUT2D eigenvalue weighted by Gasteiger charge is -2.23. The first-order valence-corrected chi connectivity index (χ1v) is 8.73. The quantitative estimate of drug-likeness (QED) is 0.581. The van der Waals surface area contributed by atoms with Crippen LogP contribution < -0.4 is 15.0 Å². The van der Waals surface area contributed by atoms with Crippen LogP contribution >= 0.6 is 24.0 Å². The fourth-order valence-electron chi connectivity index (χ4n) is 2.32. The molecule has 1 aliphatic heterocycles. The van der Waals surface area contributed by atoms with Crippen molar-refractivity contribution in [1.82, 2.24) is 5.32 Å². The molecule has 0 radical (unpaired) electrons. The van der Waals surface area contributed by atoms with Crippen molar-refractivity contribution in [1.29, 1.82) is 10.5 Å². The van der Waals surface area contributed by atoms with Gasteiger partial charge in [0.25, 0.3) is 5.91 Å². The van der Waals surface area contributed by atoms with Gasteiger partial charge in [-0.05, 0) is 18.2 Å². The molecule has 0 aliphatic carbocycles. The van der Waals surface area contributed by atoms with E-state index in [1.807, 2.05) is 23.1 Å². The largest absolute Gasteiger partial charge is 0.496 e. The molecule has 0 unspecified atom stereocenters. The Balaban J connectivity index is 2.30. The Morgan fingerprint density at radius 1 is 1.32 bits per heavy atom. The first-order valence-electron chi connectivity index (χ1n) is 7.50. The lowest BCUT2D eigenvalue weighted by atomic mass is 10.1. The minimum absolute atomic E-state index is 0.217. The number of hydrogen-bond donors (Lipinski definition) is 1. The van der Waals surface area contributed by atoms with E-state index in [9.17, 15) is 4.79 Å². The van der Waals surface area contributed by atoms with Crippen LogP contribution in [-0.2, 0) is 4.79 Å². The highest BCUT2D eigenvalue weighted by Gasteiger charge is 2.22. The average Bonchev–Trinajstić information content (AvgIpc) is 2.93. The van der Waals surface area contributed by atoms with Crippen molar-refractivity contribution in [3.05, 3.63) is 28.7 Å². The van der Waals surface area contributed by atoms with Gasteiger partial charge >= 0.3 is 0 Å². The molecule has 1 aromatic rings. The standard InChI is InChI=1S/C17H16N4O2S2/c1-23-14-11-13(21(8-2-6-18)9-3-7-19)5-4-12(14)10-15-16(22)20-17(24)25-15/h4-5,10-11H,2-3,8-9H2,1H3,(H,20,22,24). The zero-order valence-corrected chi connectivity index (χ0v) is 15.2. The fraction of sp³-hybridized carbons (Fsp3) is 0.294. The summed E-state index contributed by atoms with van der Waals surface area (Å²) in [6.45, 7) is 1.07. The highest BCUT2D eigenvalue weighted by molar-refractivity contribution is 8.26. The summed E-state index contributed by atoms with van der Waals surface area (Å²) in [6.07, 6.45) is 2.47. The summed E-state index contributed by atoms with van der Waals surface area (Å²) in [5, 5.41) is 20.2. The molecule has 25 heavy (non-hydrogen) atoms. The molecule has 2 rings (SSSR count). The summed E-state index contributed by atoms with van der Waals surface area (Å²) >= 11 is 6.20. The Kier molecular flexibility index (Phi) is 6.81. The van der Waals surface area contributed by atoms with E-state index in [0.717, 1.165) is 11.3 Å². The van der Waals surface area contributed by atoms with Crippen LogP contribution in [0.25, 0.3) is 6.08 Å². The zero-order valence-electron chi connectivity index (χ0n) is 13.6. The van der Waals surface area contributed by atoms with E-state index in [4.69, 9.17) is 27.5 Å². The van der Waals surface area contributed by atoms with Gasteiger partial charge in [0.2, 0.25) is 0 Å². The second-order valence-electron chi connectivity index (χ2n) is 5.08. The molecule has 6 nitrogen and oxygen atoms in total. The topological polar surface area (TPSA) is 89.2 Å². The molecule has 0 saturated carbocycles. The fourth-order valence-corrected chi connectivity index (χ4v) is 3.35. The van der Waals surface area contributed by atoms with Crippen molar-refractivity contribution in [3.63, 3.8) is 0 Å². The molecule has 0 spiro atoms. The highest BCUT2D eigenvalue weighted by Crippen LogP contribution is 2.32. The smallest absolute Gasteiger partial charge is 0.263 e. The van der Waals surface area contributed by atoms with Crippen LogP contribution in [0, 0.1) is 22.7 Å². The summed E-state index contributed by atoms with van der Waals surface area (Å²) < 4.78 is 5.88. The Bertz CT molecular complexity index is 775. The molecular weight excluding hydrogens is 356 g/mol. The molecule has 1 aromatic carbocycles.